The van der Waals surface area contributed by atoms with Gasteiger partial charge in [0, 0.05) is 30.5 Å². The number of fused-ring (bicyclic) bond motifs is 1. The molecule has 1 aromatic heterocycles. The highest BCUT2D eigenvalue weighted by Crippen LogP contribution is 2.25. The fourth-order valence-corrected chi connectivity index (χ4v) is 1.91. The summed E-state index contributed by atoms with van der Waals surface area (Å²) in [7, 11) is 0. The summed E-state index contributed by atoms with van der Waals surface area (Å²) in [5.74, 6) is 1.56. The van der Waals surface area contributed by atoms with E-state index in [1.165, 1.54) is 5.56 Å². The number of nitrogens with one attached hydrogen (secondary N) is 1. The van der Waals surface area contributed by atoms with Crippen LogP contribution >= 0.6 is 0 Å². The van der Waals surface area contributed by atoms with Crippen LogP contribution in [0.3, 0.4) is 0 Å². The molecule has 1 aromatic carbocycles. The molecular formula is C13H15NO2. The monoisotopic (exact) mass is 217 g/mol. The van der Waals surface area contributed by atoms with E-state index >= 15 is 0 Å². The normalized spacial score (nSPS) is 16.3. The van der Waals surface area contributed by atoms with E-state index in [4.69, 9.17) is 9.15 Å². The van der Waals surface area contributed by atoms with E-state index in [1.54, 1.807) is 6.26 Å². The van der Waals surface area contributed by atoms with Gasteiger partial charge in [-0.25, -0.2) is 0 Å². The molecule has 1 aliphatic heterocycles. The molecule has 3 heteroatoms. The summed E-state index contributed by atoms with van der Waals surface area (Å²) in [5, 5.41) is 4.40. The number of benzene rings is 1. The third kappa shape index (κ3) is 1.67. The van der Waals surface area contributed by atoms with Crippen molar-refractivity contribution >= 4 is 11.0 Å². The molecule has 1 saturated heterocycles. The Morgan fingerprint density at radius 3 is 3.06 bits per heavy atom. The van der Waals surface area contributed by atoms with Crippen molar-refractivity contribution in [1.29, 1.82) is 0 Å². The van der Waals surface area contributed by atoms with Crippen molar-refractivity contribution in [2.24, 2.45) is 5.92 Å². The molecule has 1 N–H and O–H groups in total. The average Bonchev–Trinajstić information content (AvgIpc) is 2.58. The summed E-state index contributed by atoms with van der Waals surface area (Å²) >= 11 is 0. The molecule has 16 heavy (non-hydrogen) atoms. The molecule has 1 aliphatic rings. The van der Waals surface area contributed by atoms with Crippen molar-refractivity contribution < 1.29 is 9.15 Å². The molecule has 3 rings (SSSR count). The Bertz CT molecular complexity index is 500. The van der Waals surface area contributed by atoms with Gasteiger partial charge in [0.2, 0.25) is 0 Å². The van der Waals surface area contributed by atoms with Gasteiger partial charge in [-0.3, -0.25) is 0 Å². The van der Waals surface area contributed by atoms with Crippen molar-refractivity contribution in [3.63, 3.8) is 0 Å². The third-order valence-corrected chi connectivity index (χ3v) is 3.09. The Hall–Kier alpha value is -1.48. The molecule has 0 aliphatic carbocycles. The summed E-state index contributed by atoms with van der Waals surface area (Å²) in [6.07, 6.45) is 1.78. The molecule has 0 radical (unpaired) electrons. The minimum atomic E-state index is 0.661. The summed E-state index contributed by atoms with van der Waals surface area (Å²) in [5.41, 5.74) is 2.08. The van der Waals surface area contributed by atoms with Gasteiger partial charge in [0.1, 0.15) is 11.3 Å². The fourth-order valence-electron chi connectivity index (χ4n) is 1.91. The number of furan rings is 1. The van der Waals surface area contributed by atoms with Crippen molar-refractivity contribution in [3.05, 3.63) is 30.0 Å². The molecule has 1 fully saturated rings. The summed E-state index contributed by atoms with van der Waals surface area (Å²) in [6.45, 7) is 4.98. The highest BCUT2D eigenvalue weighted by molar-refractivity contribution is 5.81. The topological polar surface area (TPSA) is 34.4 Å². The minimum Gasteiger partial charge on any atom is -0.493 e. The second-order valence-corrected chi connectivity index (χ2v) is 4.41. The SMILES string of the molecule is Cc1coc2cc(OCC3CNC3)ccc12. The molecule has 2 heterocycles. The maximum Gasteiger partial charge on any atom is 0.137 e. The highest BCUT2D eigenvalue weighted by Gasteiger charge is 2.17. The van der Waals surface area contributed by atoms with Crippen LogP contribution in [-0.2, 0) is 0 Å². The Morgan fingerprint density at radius 2 is 2.31 bits per heavy atom. The lowest BCUT2D eigenvalue weighted by Crippen LogP contribution is -2.45. The first-order valence-electron chi connectivity index (χ1n) is 5.64. The largest absolute Gasteiger partial charge is 0.493 e. The molecule has 0 atom stereocenters. The second-order valence-electron chi connectivity index (χ2n) is 4.41. The highest BCUT2D eigenvalue weighted by atomic mass is 16.5. The Balaban J connectivity index is 1.76. The molecule has 0 amide bonds. The first-order chi connectivity index (χ1) is 7.83. The summed E-state index contributed by atoms with van der Waals surface area (Å²) in [6, 6.07) is 6.04. The van der Waals surface area contributed by atoms with Gasteiger partial charge in [0.25, 0.3) is 0 Å². The zero-order valence-electron chi connectivity index (χ0n) is 9.32. The summed E-state index contributed by atoms with van der Waals surface area (Å²) < 4.78 is 11.2. The van der Waals surface area contributed by atoms with E-state index in [0.717, 1.165) is 36.4 Å². The van der Waals surface area contributed by atoms with E-state index in [1.807, 2.05) is 19.1 Å². The maximum absolute atomic E-state index is 5.73. The minimum absolute atomic E-state index is 0.661. The van der Waals surface area contributed by atoms with Crippen LogP contribution in [0, 0.1) is 12.8 Å². The summed E-state index contributed by atoms with van der Waals surface area (Å²) in [4.78, 5) is 0. The van der Waals surface area contributed by atoms with Gasteiger partial charge < -0.3 is 14.5 Å². The lowest BCUT2D eigenvalue weighted by atomic mass is 10.1. The molecule has 3 nitrogen and oxygen atoms in total. The van der Waals surface area contributed by atoms with Crippen molar-refractivity contribution in [2.75, 3.05) is 19.7 Å². The van der Waals surface area contributed by atoms with Gasteiger partial charge >= 0.3 is 0 Å². The zero-order valence-corrected chi connectivity index (χ0v) is 9.32. The van der Waals surface area contributed by atoms with E-state index in [0.29, 0.717) is 5.92 Å². The molecular weight excluding hydrogens is 202 g/mol. The van der Waals surface area contributed by atoms with Crippen LogP contribution in [-0.4, -0.2) is 19.7 Å². The van der Waals surface area contributed by atoms with Crippen molar-refractivity contribution in [3.8, 4) is 5.75 Å². The molecule has 0 saturated carbocycles. The van der Waals surface area contributed by atoms with E-state index in [2.05, 4.69) is 11.4 Å². The number of ether oxygens (including phenoxy) is 1. The standard InChI is InChI=1S/C13H15NO2/c1-9-7-16-13-4-11(2-3-12(9)13)15-8-10-5-14-6-10/h2-4,7,10,14H,5-6,8H2,1H3. The Labute approximate surface area is 94.4 Å². The smallest absolute Gasteiger partial charge is 0.137 e. The van der Waals surface area contributed by atoms with Gasteiger partial charge in [-0.15, -0.1) is 0 Å². The maximum atomic E-state index is 5.73. The predicted molar refractivity (Wildman–Crippen MR) is 62.8 cm³/mol. The van der Waals surface area contributed by atoms with Crippen LogP contribution in [0.2, 0.25) is 0 Å². The average molecular weight is 217 g/mol. The van der Waals surface area contributed by atoms with Crippen LogP contribution in [0.5, 0.6) is 5.75 Å². The van der Waals surface area contributed by atoms with E-state index < -0.39 is 0 Å². The molecule has 0 spiro atoms. The first-order valence-corrected chi connectivity index (χ1v) is 5.64. The number of rotatable bonds is 3. The van der Waals surface area contributed by atoms with E-state index in [-0.39, 0.29) is 0 Å². The Morgan fingerprint density at radius 1 is 1.44 bits per heavy atom. The van der Waals surface area contributed by atoms with Gasteiger partial charge in [0.05, 0.1) is 12.9 Å². The first kappa shape index (κ1) is 9.73. The van der Waals surface area contributed by atoms with Crippen molar-refractivity contribution in [2.45, 2.75) is 6.92 Å². The Kier molecular flexibility index (Phi) is 2.33. The quantitative estimate of drug-likeness (QED) is 0.857. The number of aryl methyl sites for hydroxylation is 1. The zero-order chi connectivity index (χ0) is 11.0. The lowest BCUT2D eigenvalue weighted by molar-refractivity contribution is 0.199. The lowest BCUT2D eigenvalue weighted by Gasteiger charge is -2.26. The molecule has 0 unspecified atom stereocenters. The number of hydrogen-bond acceptors (Lipinski definition) is 3. The van der Waals surface area contributed by atoms with Crippen LogP contribution < -0.4 is 10.1 Å². The van der Waals surface area contributed by atoms with Crippen LogP contribution in [0.1, 0.15) is 5.56 Å². The fraction of sp³-hybridized carbons (Fsp3) is 0.385. The second kappa shape index (κ2) is 3.83. The van der Waals surface area contributed by atoms with Gasteiger partial charge in [0.15, 0.2) is 0 Å². The predicted octanol–water partition coefficient (Wildman–Crippen LogP) is 2.34. The molecule has 2 aromatic rings. The molecule has 84 valence electrons. The van der Waals surface area contributed by atoms with Crippen molar-refractivity contribution in [1.82, 2.24) is 5.32 Å². The van der Waals surface area contributed by atoms with Crippen LogP contribution in [0.4, 0.5) is 0 Å². The van der Waals surface area contributed by atoms with Crippen LogP contribution in [0.15, 0.2) is 28.9 Å². The number of hydrogen-bond donors (Lipinski definition) is 1. The van der Waals surface area contributed by atoms with E-state index in [9.17, 15) is 0 Å². The van der Waals surface area contributed by atoms with Gasteiger partial charge in [-0.1, -0.05) is 0 Å². The van der Waals surface area contributed by atoms with Gasteiger partial charge in [-0.05, 0) is 24.6 Å². The molecule has 0 bridgehead atoms. The third-order valence-electron chi connectivity index (χ3n) is 3.09. The van der Waals surface area contributed by atoms with Gasteiger partial charge in [-0.2, -0.15) is 0 Å². The van der Waals surface area contributed by atoms with Crippen LogP contribution in [0.25, 0.3) is 11.0 Å².